The normalized spacial score (nSPS) is 11.2. The molecule has 0 saturated heterocycles. The summed E-state index contributed by atoms with van der Waals surface area (Å²) >= 11 is 0.828. The zero-order valence-corrected chi connectivity index (χ0v) is 16.4. The van der Waals surface area contributed by atoms with Gasteiger partial charge in [0.25, 0.3) is 12.9 Å². The fourth-order valence-electron chi connectivity index (χ4n) is 2.55. The molecule has 29 heavy (non-hydrogen) atoms. The van der Waals surface area contributed by atoms with Gasteiger partial charge in [-0.3, -0.25) is 14.3 Å². The molecule has 12 heteroatoms. The van der Waals surface area contributed by atoms with E-state index in [4.69, 9.17) is 4.74 Å². The van der Waals surface area contributed by atoms with Crippen molar-refractivity contribution in [2.75, 3.05) is 11.9 Å². The number of aromatic nitrogens is 2. The van der Waals surface area contributed by atoms with Gasteiger partial charge in [0, 0.05) is 0 Å². The molecule has 0 aliphatic rings. The highest BCUT2D eigenvalue weighted by Crippen LogP contribution is 2.34. The van der Waals surface area contributed by atoms with Crippen LogP contribution < -0.4 is 5.32 Å². The van der Waals surface area contributed by atoms with Crippen LogP contribution in [0.25, 0.3) is 0 Å². The number of hydrogen-bond donors (Lipinski definition) is 1. The van der Waals surface area contributed by atoms with E-state index in [0.717, 1.165) is 11.3 Å². The van der Waals surface area contributed by atoms with Gasteiger partial charge >= 0.3 is 5.97 Å². The van der Waals surface area contributed by atoms with Gasteiger partial charge in [0.05, 0.1) is 17.0 Å². The van der Waals surface area contributed by atoms with Crippen LogP contribution in [-0.4, -0.2) is 34.0 Å². The highest BCUT2D eigenvalue weighted by molar-refractivity contribution is 7.18. The Balaban J connectivity index is 2.33. The average Bonchev–Trinajstić information content (AvgIpc) is 3.16. The van der Waals surface area contributed by atoms with Crippen molar-refractivity contribution in [3.8, 4) is 0 Å². The molecule has 0 unspecified atom stereocenters. The Morgan fingerprint density at radius 3 is 2.41 bits per heavy atom. The minimum Gasteiger partial charge on any atom is -0.462 e. The number of esters is 1. The number of rotatable bonds is 8. The molecule has 2 rings (SSSR count). The highest BCUT2D eigenvalue weighted by atomic mass is 32.1. The minimum atomic E-state index is -3.12. The summed E-state index contributed by atoms with van der Waals surface area (Å²) in [5, 5.41) is 5.68. The smallest absolute Gasteiger partial charge is 0.341 e. The van der Waals surface area contributed by atoms with E-state index < -0.39 is 42.7 Å². The van der Waals surface area contributed by atoms with Crippen LogP contribution in [-0.2, 0) is 16.1 Å². The molecule has 0 spiro atoms. The third-order valence-corrected chi connectivity index (χ3v) is 5.08. The number of carbonyl (C=O) groups is 3. The van der Waals surface area contributed by atoms with Gasteiger partial charge in [-0.2, -0.15) is 5.10 Å². The second-order valence-corrected chi connectivity index (χ2v) is 6.86. The molecule has 0 aromatic carbocycles. The first kappa shape index (κ1) is 22.5. The Morgan fingerprint density at radius 1 is 1.24 bits per heavy atom. The standard InChI is InChI=1S/C17H17F4N3O4S/c1-4-28-17(27)12-7(2)13(8(3)25)29-16(12)22-11(26)6-24-10(15(20)21)5-9(23-24)14(18)19/h5,14-15H,4,6H2,1-3H3,(H,22,26). The van der Waals surface area contributed by atoms with Crippen molar-refractivity contribution in [3.05, 3.63) is 33.5 Å². The van der Waals surface area contributed by atoms with Crippen molar-refractivity contribution in [1.82, 2.24) is 9.78 Å². The van der Waals surface area contributed by atoms with Crippen molar-refractivity contribution in [2.24, 2.45) is 0 Å². The molecular formula is C17H17F4N3O4S. The third kappa shape index (κ3) is 5.00. The SMILES string of the molecule is CCOC(=O)c1c(NC(=O)Cn2nc(C(F)F)cc2C(F)F)sc(C(C)=O)c1C. The molecule has 0 radical (unpaired) electrons. The molecule has 0 atom stereocenters. The highest BCUT2D eigenvalue weighted by Gasteiger charge is 2.26. The minimum absolute atomic E-state index is 0.00372. The van der Waals surface area contributed by atoms with E-state index in [1.54, 1.807) is 6.92 Å². The number of nitrogens with zero attached hydrogens (tertiary/aromatic N) is 2. The summed E-state index contributed by atoms with van der Waals surface area (Å²) in [7, 11) is 0. The van der Waals surface area contributed by atoms with E-state index in [-0.39, 0.29) is 27.8 Å². The van der Waals surface area contributed by atoms with Crippen LogP contribution in [0.5, 0.6) is 0 Å². The molecule has 7 nitrogen and oxygen atoms in total. The largest absolute Gasteiger partial charge is 0.462 e. The van der Waals surface area contributed by atoms with Crippen LogP contribution in [0.2, 0.25) is 0 Å². The fraction of sp³-hybridized carbons (Fsp3) is 0.412. The number of amides is 1. The maximum atomic E-state index is 13.0. The predicted molar refractivity (Wildman–Crippen MR) is 95.8 cm³/mol. The number of alkyl halides is 4. The number of ketones is 1. The Hall–Kier alpha value is -2.76. The molecule has 2 aromatic heterocycles. The van der Waals surface area contributed by atoms with Crippen molar-refractivity contribution >= 4 is 34.0 Å². The lowest BCUT2D eigenvalue weighted by molar-refractivity contribution is -0.117. The molecule has 0 fully saturated rings. The van der Waals surface area contributed by atoms with Crippen LogP contribution in [0.4, 0.5) is 22.6 Å². The van der Waals surface area contributed by atoms with E-state index in [0.29, 0.717) is 16.3 Å². The first-order chi connectivity index (χ1) is 13.6. The first-order valence-electron chi connectivity index (χ1n) is 8.32. The van der Waals surface area contributed by atoms with Crippen molar-refractivity contribution < 1.29 is 36.7 Å². The maximum absolute atomic E-state index is 13.0. The molecule has 0 saturated carbocycles. The Kier molecular flexibility index (Phi) is 7.11. The van der Waals surface area contributed by atoms with Gasteiger partial charge in [-0.15, -0.1) is 11.3 Å². The van der Waals surface area contributed by atoms with Crippen molar-refractivity contribution in [2.45, 2.75) is 40.2 Å². The summed E-state index contributed by atoms with van der Waals surface area (Å²) in [4.78, 5) is 36.5. The summed E-state index contributed by atoms with van der Waals surface area (Å²) in [5.74, 6) is -2.00. The molecular weight excluding hydrogens is 418 g/mol. The lowest BCUT2D eigenvalue weighted by Gasteiger charge is -2.09. The molecule has 158 valence electrons. The Labute approximate surface area is 166 Å². The molecule has 0 bridgehead atoms. The van der Waals surface area contributed by atoms with Crippen LogP contribution in [0.15, 0.2) is 6.07 Å². The number of anilines is 1. The fourth-order valence-corrected chi connectivity index (χ4v) is 3.66. The van der Waals surface area contributed by atoms with E-state index >= 15 is 0 Å². The summed E-state index contributed by atoms with van der Waals surface area (Å²) in [5.41, 5.74) is -1.44. The molecule has 0 aliphatic carbocycles. The van der Waals surface area contributed by atoms with Gasteiger partial charge in [-0.25, -0.2) is 22.4 Å². The van der Waals surface area contributed by atoms with Crippen molar-refractivity contribution in [3.63, 3.8) is 0 Å². The second kappa shape index (κ2) is 9.16. The van der Waals surface area contributed by atoms with Gasteiger partial charge < -0.3 is 10.1 Å². The topological polar surface area (TPSA) is 90.3 Å². The van der Waals surface area contributed by atoms with E-state index in [9.17, 15) is 31.9 Å². The van der Waals surface area contributed by atoms with E-state index in [1.165, 1.54) is 13.8 Å². The maximum Gasteiger partial charge on any atom is 0.341 e. The summed E-state index contributed by atoms with van der Waals surface area (Å²) in [6.45, 7) is 3.63. The number of carbonyl (C=O) groups excluding carboxylic acids is 3. The number of thiophene rings is 1. The van der Waals surface area contributed by atoms with Gasteiger partial charge in [0.15, 0.2) is 5.78 Å². The Morgan fingerprint density at radius 2 is 1.90 bits per heavy atom. The Bertz CT molecular complexity index is 939. The van der Waals surface area contributed by atoms with Crippen LogP contribution >= 0.6 is 11.3 Å². The zero-order valence-electron chi connectivity index (χ0n) is 15.6. The number of halogens is 4. The van der Waals surface area contributed by atoms with E-state index in [1.807, 2.05) is 0 Å². The van der Waals surface area contributed by atoms with Crippen LogP contribution in [0.1, 0.15) is 63.7 Å². The number of Topliss-reactive ketones (excluding diaryl/α,β-unsaturated/α-hetero) is 1. The van der Waals surface area contributed by atoms with Gasteiger partial charge in [-0.05, 0) is 32.4 Å². The quantitative estimate of drug-likeness (QED) is 0.382. The number of nitrogens with one attached hydrogen (secondary N) is 1. The molecule has 1 amide bonds. The first-order valence-corrected chi connectivity index (χ1v) is 9.13. The molecule has 0 aliphatic heterocycles. The van der Waals surface area contributed by atoms with E-state index in [2.05, 4.69) is 10.4 Å². The molecule has 2 heterocycles. The molecule has 1 N–H and O–H groups in total. The lowest BCUT2D eigenvalue weighted by Crippen LogP contribution is -2.22. The summed E-state index contributed by atoms with van der Waals surface area (Å²) < 4.78 is 57.0. The van der Waals surface area contributed by atoms with Gasteiger partial charge in [0.2, 0.25) is 5.91 Å². The summed E-state index contributed by atoms with van der Waals surface area (Å²) in [6.07, 6.45) is -6.20. The predicted octanol–water partition coefficient (Wildman–Crippen LogP) is 4.15. The monoisotopic (exact) mass is 435 g/mol. The van der Waals surface area contributed by atoms with Gasteiger partial charge in [-0.1, -0.05) is 0 Å². The zero-order chi connectivity index (χ0) is 21.9. The average molecular weight is 435 g/mol. The second-order valence-electron chi connectivity index (χ2n) is 5.84. The third-order valence-electron chi connectivity index (χ3n) is 3.77. The van der Waals surface area contributed by atoms with Crippen LogP contribution in [0, 0.1) is 6.92 Å². The summed E-state index contributed by atoms with van der Waals surface area (Å²) in [6, 6.07) is 0.524. The van der Waals surface area contributed by atoms with Gasteiger partial charge in [0.1, 0.15) is 22.9 Å². The number of ether oxygens (including phenoxy) is 1. The van der Waals surface area contributed by atoms with Crippen LogP contribution in [0.3, 0.4) is 0 Å². The lowest BCUT2D eigenvalue weighted by atomic mass is 10.1. The molecule has 2 aromatic rings. The number of hydrogen-bond acceptors (Lipinski definition) is 6. The van der Waals surface area contributed by atoms with Crippen molar-refractivity contribution in [1.29, 1.82) is 0 Å².